The van der Waals surface area contributed by atoms with Crippen molar-refractivity contribution in [3.05, 3.63) is 59.2 Å². The van der Waals surface area contributed by atoms with Crippen molar-refractivity contribution in [3.63, 3.8) is 0 Å². The van der Waals surface area contributed by atoms with Crippen molar-refractivity contribution in [2.24, 2.45) is 23.7 Å². The predicted molar refractivity (Wildman–Crippen MR) is 137 cm³/mol. The molecule has 2 heterocycles. The van der Waals surface area contributed by atoms with E-state index in [0.29, 0.717) is 52.7 Å². The third-order valence-electron chi connectivity index (χ3n) is 8.52. The van der Waals surface area contributed by atoms with Crippen molar-refractivity contribution in [2.75, 3.05) is 6.54 Å². The van der Waals surface area contributed by atoms with Crippen LogP contribution in [0, 0.1) is 29.5 Å². The first-order chi connectivity index (χ1) is 17.5. The van der Waals surface area contributed by atoms with Gasteiger partial charge in [-0.2, -0.15) is 0 Å². The molecule has 4 aliphatic carbocycles. The molecule has 1 aromatic carbocycles. The fourth-order valence-electron chi connectivity index (χ4n) is 5.76. The van der Waals surface area contributed by atoms with E-state index in [9.17, 15) is 9.59 Å². The van der Waals surface area contributed by atoms with Crippen LogP contribution in [-0.4, -0.2) is 28.2 Å². The second kappa shape index (κ2) is 9.38. The van der Waals surface area contributed by atoms with Gasteiger partial charge in [-0.05, 0) is 86.0 Å². The van der Waals surface area contributed by atoms with E-state index in [1.807, 2.05) is 6.07 Å². The minimum Gasteiger partial charge on any atom is -0.352 e. The van der Waals surface area contributed by atoms with Crippen LogP contribution < -0.4 is 5.32 Å². The standard InChI is InChI=1S/C30H32FN3O2/c1-2-3-8-32-30(36)18-6-7-27(33-15-18)24-13-23-22(12-21-19-10-20(21)11-19)25(29(35)9-17-4-5-17)16-34-28(23)14-26(24)31/h6-7,13-17,19-21H,2-5,8-12H2,1H3,(H,32,36). The molecule has 36 heavy (non-hydrogen) atoms. The highest BCUT2D eigenvalue weighted by atomic mass is 19.1. The van der Waals surface area contributed by atoms with Gasteiger partial charge in [0.05, 0.1) is 16.8 Å². The third kappa shape index (κ3) is 4.31. The first-order valence-electron chi connectivity index (χ1n) is 13.4. The Balaban J connectivity index is 1.35. The zero-order valence-corrected chi connectivity index (χ0v) is 20.7. The van der Waals surface area contributed by atoms with Crippen LogP contribution in [-0.2, 0) is 6.42 Å². The highest BCUT2D eigenvalue weighted by Gasteiger charge is 2.52. The number of Topliss-reactive ketones (excluding diaryl/α,β-unsaturated/α-hetero) is 1. The number of carbonyl (C=O) groups is 2. The Kier molecular flexibility index (Phi) is 6.06. The molecule has 1 N–H and O–H groups in total. The zero-order valence-electron chi connectivity index (χ0n) is 20.7. The van der Waals surface area contributed by atoms with Gasteiger partial charge in [0, 0.05) is 47.9 Å². The summed E-state index contributed by atoms with van der Waals surface area (Å²) in [6.45, 7) is 2.69. The van der Waals surface area contributed by atoms with E-state index in [2.05, 4.69) is 22.2 Å². The SMILES string of the molecule is CCCCNC(=O)c1ccc(-c2cc3c(CC4C5CC4C5)c(C(=O)CC4CC4)cnc3cc2F)nc1. The molecule has 2 aromatic heterocycles. The lowest BCUT2D eigenvalue weighted by Gasteiger charge is -2.58. The number of halogens is 1. The van der Waals surface area contributed by atoms with Crippen molar-refractivity contribution < 1.29 is 14.0 Å². The summed E-state index contributed by atoms with van der Waals surface area (Å²) in [5, 5.41) is 3.73. The van der Waals surface area contributed by atoms with E-state index in [4.69, 9.17) is 0 Å². The number of nitrogens with one attached hydrogen (secondary N) is 1. The Bertz CT molecular complexity index is 1320. The number of amides is 1. The molecular weight excluding hydrogens is 453 g/mol. The molecule has 5 nitrogen and oxygen atoms in total. The largest absolute Gasteiger partial charge is 0.352 e. The number of rotatable bonds is 10. The summed E-state index contributed by atoms with van der Waals surface area (Å²) in [6, 6.07) is 6.64. The Hall–Kier alpha value is -3.15. The number of hydrogen-bond acceptors (Lipinski definition) is 4. The number of pyridine rings is 2. The molecule has 0 saturated heterocycles. The fraction of sp³-hybridized carbons (Fsp3) is 0.467. The van der Waals surface area contributed by atoms with Crippen LogP contribution >= 0.6 is 0 Å². The smallest absolute Gasteiger partial charge is 0.252 e. The van der Waals surface area contributed by atoms with Crippen LogP contribution in [0.2, 0.25) is 0 Å². The first kappa shape index (κ1) is 23.3. The minimum absolute atomic E-state index is 0.164. The lowest BCUT2D eigenvalue weighted by Crippen LogP contribution is -2.51. The summed E-state index contributed by atoms with van der Waals surface area (Å²) in [5.74, 6) is 2.24. The van der Waals surface area contributed by atoms with Gasteiger partial charge in [-0.25, -0.2) is 4.39 Å². The summed E-state index contributed by atoms with van der Waals surface area (Å²) >= 11 is 0. The van der Waals surface area contributed by atoms with Gasteiger partial charge in [-0.1, -0.05) is 13.3 Å². The van der Waals surface area contributed by atoms with Crippen molar-refractivity contribution in [1.82, 2.24) is 15.3 Å². The molecule has 4 fully saturated rings. The molecule has 0 radical (unpaired) electrons. The van der Waals surface area contributed by atoms with Crippen LogP contribution in [0.4, 0.5) is 4.39 Å². The minimum atomic E-state index is -0.405. The number of benzene rings is 1. The van der Waals surface area contributed by atoms with Crippen molar-refractivity contribution in [1.29, 1.82) is 0 Å². The van der Waals surface area contributed by atoms with Crippen LogP contribution in [0.3, 0.4) is 0 Å². The van der Waals surface area contributed by atoms with Gasteiger partial charge in [0.25, 0.3) is 5.91 Å². The van der Waals surface area contributed by atoms with E-state index in [-0.39, 0.29) is 11.7 Å². The van der Waals surface area contributed by atoms with Gasteiger partial charge >= 0.3 is 0 Å². The molecule has 1 amide bonds. The molecule has 0 atom stereocenters. The average molecular weight is 486 g/mol. The Labute approximate surface area is 210 Å². The molecule has 6 heteroatoms. The quantitative estimate of drug-likeness (QED) is 0.276. The molecule has 7 rings (SSSR count). The monoisotopic (exact) mass is 485 g/mol. The van der Waals surface area contributed by atoms with Crippen molar-refractivity contribution >= 4 is 22.6 Å². The summed E-state index contributed by atoms with van der Waals surface area (Å²) in [6.07, 6.45) is 11.4. The number of ketones is 1. The number of carbonyl (C=O) groups excluding carboxylic acids is 2. The Morgan fingerprint density at radius 3 is 2.53 bits per heavy atom. The highest BCUT2D eigenvalue weighted by molar-refractivity contribution is 6.02. The normalized spacial score (nSPS) is 22.1. The van der Waals surface area contributed by atoms with Crippen LogP contribution in [0.5, 0.6) is 0 Å². The predicted octanol–water partition coefficient (Wildman–Crippen LogP) is 6.15. The highest BCUT2D eigenvalue weighted by Crippen LogP contribution is 2.60. The second-order valence-electron chi connectivity index (χ2n) is 11.0. The number of hydrogen-bond donors (Lipinski definition) is 1. The number of fused-ring (bicyclic) bond motifs is 1. The van der Waals surface area contributed by atoms with Gasteiger partial charge in [0.2, 0.25) is 0 Å². The fourth-order valence-corrected chi connectivity index (χ4v) is 5.76. The van der Waals surface area contributed by atoms with Gasteiger partial charge in [0.1, 0.15) is 5.82 Å². The lowest BCUT2D eigenvalue weighted by atomic mass is 9.47. The van der Waals surface area contributed by atoms with Crippen LogP contribution in [0.25, 0.3) is 22.2 Å². The van der Waals surface area contributed by atoms with Gasteiger partial charge < -0.3 is 5.32 Å². The Morgan fingerprint density at radius 1 is 1.08 bits per heavy atom. The molecule has 2 bridgehead atoms. The van der Waals surface area contributed by atoms with Gasteiger partial charge in [-0.3, -0.25) is 19.6 Å². The lowest BCUT2D eigenvalue weighted by molar-refractivity contribution is -0.0793. The van der Waals surface area contributed by atoms with Gasteiger partial charge in [-0.15, -0.1) is 0 Å². The summed E-state index contributed by atoms with van der Waals surface area (Å²) < 4.78 is 15.2. The molecular formula is C30H32FN3O2. The summed E-state index contributed by atoms with van der Waals surface area (Å²) in [7, 11) is 0. The molecule has 186 valence electrons. The van der Waals surface area contributed by atoms with Crippen LogP contribution in [0.15, 0.2) is 36.7 Å². The van der Waals surface area contributed by atoms with E-state index in [1.54, 1.807) is 18.3 Å². The Morgan fingerprint density at radius 2 is 1.89 bits per heavy atom. The van der Waals surface area contributed by atoms with Crippen LogP contribution in [0.1, 0.15) is 78.1 Å². The number of unbranched alkanes of at least 4 members (excludes halogenated alkanes) is 1. The van der Waals surface area contributed by atoms with Crippen molar-refractivity contribution in [2.45, 2.75) is 58.3 Å². The molecule has 3 aromatic rings. The van der Waals surface area contributed by atoms with E-state index in [0.717, 1.165) is 54.9 Å². The van der Waals surface area contributed by atoms with Crippen molar-refractivity contribution in [3.8, 4) is 11.3 Å². The molecule has 0 unspecified atom stereocenters. The average Bonchev–Trinajstić information content (AvgIpc) is 3.64. The summed E-state index contributed by atoms with van der Waals surface area (Å²) in [4.78, 5) is 34.5. The maximum Gasteiger partial charge on any atom is 0.252 e. The maximum absolute atomic E-state index is 15.2. The topological polar surface area (TPSA) is 72.0 Å². The molecule has 4 aliphatic rings. The summed E-state index contributed by atoms with van der Waals surface area (Å²) in [5.41, 5.74) is 3.61. The first-order valence-corrected chi connectivity index (χ1v) is 13.4. The molecule has 4 saturated carbocycles. The second-order valence-corrected chi connectivity index (χ2v) is 11.0. The van der Waals surface area contributed by atoms with E-state index in [1.165, 1.54) is 25.1 Å². The molecule has 0 aliphatic heterocycles. The van der Waals surface area contributed by atoms with E-state index < -0.39 is 5.82 Å². The zero-order chi connectivity index (χ0) is 24.8. The maximum atomic E-state index is 15.2. The van der Waals surface area contributed by atoms with Gasteiger partial charge in [0.15, 0.2) is 5.78 Å². The third-order valence-corrected chi connectivity index (χ3v) is 8.52. The van der Waals surface area contributed by atoms with E-state index >= 15 is 4.39 Å². The molecule has 0 spiro atoms. The number of aromatic nitrogens is 2. The number of nitrogens with zero attached hydrogens (tertiary/aromatic N) is 2.